The van der Waals surface area contributed by atoms with Crippen molar-refractivity contribution in [1.29, 1.82) is 0 Å². The third-order valence-electron chi connectivity index (χ3n) is 3.69. The molecule has 1 heterocycles. The molecular formula is C16H19F2N3O2. The Morgan fingerprint density at radius 3 is 2.74 bits per heavy atom. The van der Waals surface area contributed by atoms with E-state index in [0.717, 1.165) is 0 Å². The van der Waals surface area contributed by atoms with Crippen LogP contribution in [0.1, 0.15) is 29.5 Å². The SMILES string of the molecule is CCN(CCO)C(=O)c1cccc(-c2cnn(C(F)F)c2C)c1. The first kappa shape index (κ1) is 17.1. The summed E-state index contributed by atoms with van der Waals surface area (Å²) in [6.45, 7) is 1.31. The third-order valence-corrected chi connectivity index (χ3v) is 3.69. The van der Waals surface area contributed by atoms with Crippen molar-refractivity contribution in [3.63, 3.8) is 0 Å². The molecule has 124 valence electrons. The fraction of sp³-hybridized carbons (Fsp3) is 0.375. The normalized spacial score (nSPS) is 11.0. The van der Waals surface area contributed by atoms with Gasteiger partial charge in [-0.2, -0.15) is 13.9 Å². The minimum Gasteiger partial charge on any atom is -0.395 e. The van der Waals surface area contributed by atoms with Crippen LogP contribution >= 0.6 is 0 Å². The number of amides is 1. The summed E-state index contributed by atoms with van der Waals surface area (Å²) in [5.41, 5.74) is 2.00. The molecule has 0 spiro atoms. The average Bonchev–Trinajstić information content (AvgIpc) is 2.94. The van der Waals surface area contributed by atoms with Crippen LogP contribution in [0.2, 0.25) is 0 Å². The van der Waals surface area contributed by atoms with Crippen LogP contribution in [0, 0.1) is 6.92 Å². The van der Waals surface area contributed by atoms with Gasteiger partial charge in [0.1, 0.15) is 0 Å². The number of hydrogen-bond donors (Lipinski definition) is 1. The number of benzene rings is 1. The number of likely N-dealkylation sites (N-methyl/N-ethyl adjacent to an activating group) is 1. The van der Waals surface area contributed by atoms with Crippen molar-refractivity contribution in [2.75, 3.05) is 19.7 Å². The van der Waals surface area contributed by atoms with E-state index in [-0.39, 0.29) is 19.1 Å². The number of nitrogens with zero attached hydrogens (tertiary/aromatic N) is 3. The number of carbonyl (C=O) groups excluding carboxylic acids is 1. The van der Waals surface area contributed by atoms with E-state index in [2.05, 4.69) is 5.10 Å². The molecule has 0 radical (unpaired) electrons. The second kappa shape index (κ2) is 7.32. The van der Waals surface area contributed by atoms with E-state index in [1.807, 2.05) is 6.92 Å². The molecule has 23 heavy (non-hydrogen) atoms. The number of aliphatic hydroxyl groups excluding tert-OH is 1. The molecule has 0 atom stereocenters. The lowest BCUT2D eigenvalue weighted by atomic mass is 10.0. The van der Waals surface area contributed by atoms with E-state index in [0.29, 0.717) is 33.6 Å². The zero-order chi connectivity index (χ0) is 17.0. The molecule has 1 aromatic carbocycles. The Kier molecular flexibility index (Phi) is 5.44. The summed E-state index contributed by atoms with van der Waals surface area (Å²) in [4.78, 5) is 13.9. The number of aliphatic hydroxyl groups is 1. The predicted octanol–water partition coefficient (Wildman–Crippen LogP) is 2.71. The minimum absolute atomic E-state index is 0.112. The highest BCUT2D eigenvalue weighted by Gasteiger charge is 2.17. The Labute approximate surface area is 133 Å². The molecule has 5 nitrogen and oxygen atoms in total. The molecule has 2 aromatic rings. The van der Waals surface area contributed by atoms with Crippen LogP contribution in [0.5, 0.6) is 0 Å². The zero-order valence-corrected chi connectivity index (χ0v) is 13.0. The maximum atomic E-state index is 12.8. The standard InChI is InChI=1S/C16H19F2N3O2/c1-3-20(7-8-22)15(23)13-6-4-5-12(9-13)14-10-19-21(11(14)2)16(17)18/h4-6,9-10,16,22H,3,7-8H2,1-2H3. The second-order valence-electron chi connectivity index (χ2n) is 5.06. The first-order valence-corrected chi connectivity index (χ1v) is 7.32. The van der Waals surface area contributed by atoms with Crippen molar-refractivity contribution in [3.05, 3.63) is 41.7 Å². The fourth-order valence-corrected chi connectivity index (χ4v) is 2.43. The molecule has 0 aliphatic rings. The Balaban J connectivity index is 2.35. The second-order valence-corrected chi connectivity index (χ2v) is 5.06. The average molecular weight is 323 g/mol. The van der Waals surface area contributed by atoms with Crippen LogP contribution < -0.4 is 0 Å². The number of rotatable bonds is 6. The molecule has 1 aromatic heterocycles. The molecule has 0 aliphatic carbocycles. The minimum atomic E-state index is -2.70. The van der Waals surface area contributed by atoms with Gasteiger partial charge < -0.3 is 10.0 Å². The number of alkyl halides is 2. The molecule has 1 N–H and O–H groups in total. The smallest absolute Gasteiger partial charge is 0.333 e. The number of halogens is 2. The van der Waals surface area contributed by atoms with Gasteiger partial charge in [-0.25, -0.2) is 4.68 Å². The van der Waals surface area contributed by atoms with Crippen molar-refractivity contribution in [1.82, 2.24) is 14.7 Å². The third kappa shape index (κ3) is 3.56. The maximum Gasteiger partial charge on any atom is 0.333 e. The molecule has 0 aliphatic heterocycles. The summed E-state index contributed by atoms with van der Waals surface area (Å²) in [6, 6.07) is 6.77. The molecular weight excluding hydrogens is 304 g/mol. The predicted molar refractivity (Wildman–Crippen MR) is 82.3 cm³/mol. The van der Waals surface area contributed by atoms with Crippen LogP contribution in [0.3, 0.4) is 0 Å². The molecule has 7 heteroatoms. The lowest BCUT2D eigenvalue weighted by Gasteiger charge is -2.20. The summed E-state index contributed by atoms with van der Waals surface area (Å²) in [6.07, 6.45) is 1.37. The van der Waals surface area contributed by atoms with E-state index in [1.165, 1.54) is 11.1 Å². The molecule has 2 rings (SSSR count). The van der Waals surface area contributed by atoms with Gasteiger partial charge in [-0.3, -0.25) is 4.79 Å². The van der Waals surface area contributed by atoms with E-state index in [4.69, 9.17) is 5.11 Å². The summed E-state index contributed by atoms with van der Waals surface area (Å²) < 4.78 is 26.3. The van der Waals surface area contributed by atoms with Gasteiger partial charge in [0.15, 0.2) is 0 Å². The lowest BCUT2D eigenvalue weighted by Crippen LogP contribution is -2.33. The van der Waals surface area contributed by atoms with Gasteiger partial charge in [0.25, 0.3) is 5.91 Å². The molecule has 0 unspecified atom stereocenters. The first-order valence-electron chi connectivity index (χ1n) is 7.32. The van der Waals surface area contributed by atoms with Gasteiger partial charge >= 0.3 is 6.55 Å². The Morgan fingerprint density at radius 1 is 1.43 bits per heavy atom. The van der Waals surface area contributed by atoms with Crippen molar-refractivity contribution in [2.24, 2.45) is 0 Å². The topological polar surface area (TPSA) is 58.4 Å². The highest BCUT2D eigenvalue weighted by atomic mass is 19.3. The van der Waals surface area contributed by atoms with Crippen LogP contribution in [-0.2, 0) is 0 Å². The summed E-state index contributed by atoms with van der Waals surface area (Å²) in [7, 11) is 0. The van der Waals surface area contributed by atoms with E-state index < -0.39 is 6.55 Å². The van der Waals surface area contributed by atoms with Gasteiger partial charge in [0.05, 0.1) is 12.8 Å². The van der Waals surface area contributed by atoms with Crippen LogP contribution in [0.4, 0.5) is 8.78 Å². The fourth-order valence-electron chi connectivity index (χ4n) is 2.43. The van der Waals surface area contributed by atoms with Crippen LogP contribution in [0.25, 0.3) is 11.1 Å². The monoisotopic (exact) mass is 323 g/mol. The molecule has 0 saturated carbocycles. The van der Waals surface area contributed by atoms with Crippen LogP contribution in [0.15, 0.2) is 30.5 Å². The Bertz CT molecular complexity index is 686. The van der Waals surface area contributed by atoms with Crippen molar-refractivity contribution < 1.29 is 18.7 Å². The van der Waals surface area contributed by atoms with Gasteiger partial charge in [-0.1, -0.05) is 12.1 Å². The quantitative estimate of drug-likeness (QED) is 0.889. The van der Waals surface area contributed by atoms with Gasteiger partial charge in [-0.05, 0) is 31.5 Å². The van der Waals surface area contributed by atoms with E-state index >= 15 is 0 Å². The summed E-state index contributed by atoms with van der Waals surface area (Å²) in [5, 5.41) is 12.7. The number of carbonyl (C=O) groups is 1. The zero-order valence-electron chi connectivity index (χ0n) is 13.0. The largest absolute Gasteiger partial charge is 0.395 e. The molecule has 0 saturated heterocycles. The van der Waals surface area contributed by atoms with Crippen LogP contribution in [-0.4, -0.2) is 45.4 Å². The lowest BCUT2D eigenvalue weighted by molar-refractivity contribution is 0.0545. The van der Waals surface area contributed by atoms with Gasteiger partial charge in [0.2, 0.25) is 0 Å². The Hall–Kier alpha value is -2.28. The van der Waals surface area contributed by atoms with E-state index in [9.17, 15) is 13.6 Å². The van der Waals surface area contributed by atoms with E-state index in [1.54, 1.807) is 31.2 Å². The Morgan fingerprint density at radius 2 is 2.17 bits per heavy atom. The van der Waals surface area contributed by atoms with Crippen molar-refractivity contribution >= 4 is 5.91 Å². The van der Waals surface area contributed by atoms with Gasteiger partial charge in [0, 0.05) is 29.9 Å². The first-order chi connectivity index (χ1) is 11.0. The molecule has 0 fully saturated rings. The number of hydrogen-bond acceptors (Lipinski definition) is 3. The highest BCUT2D eigenvalue weighted by Crippen LogP contribution is 2.26. The van der Waals surface area contributed by atoms with Crippen molar-refractivity contribution in [2.45, 2.75) is 20.4 Å². The molecule has 1 amide bonds. The summed E-state index contributed by atoms with van der Waals surface area (Å²) in [5.74, 6) is -0.206. The number of aromatic nitrogens is 2. The highest BCUT2D eigenvalue weighted by molar-refractivity contribution is 5.95. The van der Waals surface area contributed by atoms with Gasteiger partial charge in [-0.15, -0.1) is 0 Å². The summed E-state index contributed by atoms with van der Waals surface area (Å²) >= 11 is 0. The molecule has 0 bridgehead atoms. The maximum absolute atomic E-state index is 12.8. The van der Waals surface area contributed by atoms with Crippen molar-refractivity contribution in [3.8, 4) is 11.1 Å².